The molecule has 342 valence electrons. The molecule has 17 heteroatoms. The Morgan fingerprint density at radius 1 is 0.750 bits per heavy atom. The van der Waals surface area contributed by atoms with Crippen molar-refractivity contribution in [2.75, 3.05) is 39.5 Å². The van der Waals surface area contributed by atoms with Crippen LogP contribution in [0.15, 0.2) is 108 Å². The Kier molecular flexibility index (Phi) is 15.0. The van der Waals surface area contributed by atoms with Gasteiger partial charge in [0.2, 0.25) is 0 Å². The molecule has 0 radical (unpaired) electrons. The molecule has 0 amide bonds. The summed E-state index contributed by atoms with van der Waals surface area (Å²) in [6.45, 7) is 3.57. The zero-order valence-corrected chi connectivity index (χ0v) is 35.6. The first-order valence-corrected chi connectivity index (χ1v) is 21.4. The van der Waals surface area contributed by atoms with Gasteiger partial charge in [-0.05, 0) is 107 Å². The largest absolute Gasteiger partial charge is 0.513 e. The predicted octanol–water partition coefficient (Wildman–Crippen LogP) is 9.03. The molecule has 1 fully saturated rings. The van der Waals surface area contributed by atoms with Crippen LogP contribution in [0.3, 0.4) is 0 Å². The summed E-state index contributed by atoms with van der Waals surface area (Å²) in [5, 5.41) is 26.9. The summed E-state index contributed by atoms with van der Waals surface area (Å²) in [6, 6.07) is 19.8. The first kappa shape index (κ1) is 45.8. The van der Waals surface area contributed by atoms with E-state index in [0.29, 0.717) is 43.7 Å². The molecule has 1 aliphatic carbocycles. The van der Waals surface area contributed by atoms with Crippen LogP contribution in [0.4, 0.5) is 22.8 Å². The lowest BCUT2D eigenvalue weighted by molar-refractivity contribution is -0.138. The van der Waals surface area contributed by atoms with Crippen molar-refractivity contribution in [3.63, 3.8) is 0 Å². The maximum Gasteiger partial charge on any atom is 0.513 e. The van der Waals surface area contributed by atoms with E-state index < -0.39 is 42.2 Å². The summed E-state index contributed by atoms with van der Waals surface area (Å²) in [5.74, 6) is -0.688. The van der Waals surface area contributed by atoms with Gasteiger partial charge >= 0.3 is 18.5 Å². The number of ether oxygens (including phenoxy) is 6. The second-order valence-electron chi connectivity index (χ2n) is 16.0. The number of nitrogens with one attached hydrogen (secondary N) is 3. The summed E-state index contributed by atoms with van der Waals surface area (Å²) in [6.07, 6.45) is -1.84. The lowest BCUT2D eigenvalue weighted by atomic mass is 9.87. The number of alkyl halides is 3. The van der Waals surface area contributed by atoms with Crippen molar-refractivity contribution in [1.82, 2.24) is 20.2 Å². The van der Waals surface area contributed by atoms with E-state index >= 15 is 0 Å². The highest BCUT2D eigenvalue weighted by Gasteiger charge is 2.42. The number of carbonyl (C=O) groups excluding carboxylic acids is 2. The molecule has 0 saturated heterocycles. The molecule has 0 spiro atoms. The first-order chi connectivity index (χ1) is 30.8. The Morgan fingerprint density at radius 2 is 1.31 bits per heavy atom. The van der Waals surface area contributed by atoms with Crippen LogP contribution < -0.4 is 14.8 Å². The SMILES string of the molecule is CC1=C(OC(=O)OCCCCN(CC(O)COc2cccc3[nH]ccc23)CC(O)COc2cccc3[nH]ccc23)C(c2ccccc2C(F)(F)F)C(OC(=O)OC2CCCC2)=C(C)N1. The van der Waals surface area contributed by atoms with Crippen molar-refractivity contribution < 1.29 is 61.4 Å². The number of fused-ring (bicyclic) bond motifs is 2. The molecule has 7 rings (SSSR count). The number of rotatable bonds is 19. The van der Waals surface area contributed by atoms with Crippen molar-refractivity contribution in [3.05, 3.63) is 119 Å². The van der Waals surface area contributed by atoms with Gasteiger partial charge in [-0.25, -0.2) is 9.59 Å². The Balaban J connectivity index is 0.972. The number of halogens is 3. The second-order valence-corrected chi connectivity index (χ2v) is 16.0. The highest BCUT2D eigenvalue weighted by atomic mass is 19.4. The maximum atomic E-state index is 14.4. The summed E-state index contributed by atoms with van der Waals surface area (Å²) in [4.78, 5) is 34.4. The van der Waals surface area contributed by atoms with Crippen LogP contribution in [0.2, 0.25) is 0 Å². The zero-order valence-electron chi connectivity index (χ0n) is 35.6. The Labute approximate surface area is 367 Å². The molecule has 1 saturated carbocycles. The molecule has 5 aromatic rings. The van der Waals surface area contributed by atoms with Crippen molar-refractivity contribution in [2.24, 2.45) is 0 Å². The van der Waals surface area contributed by atoms with Crippen LogP contribution >= 0.6 is 0 Å². The molecule has 3 aromatic carbocycles. The van der Waals surface area contributed by atoms with Crippen molar-refractivity contribution in [3.8, 4) is 11.5 Å². The average molecular weight is 891 g/mol. The van der Waals surface area contributed by atoms with Crippen LogP contribution in [0.5, 0.6) is 11.5 Å². The standard InChI is InChI=1S/C47H53F3N4O10/c1-29-43(42(34-13-5-6-14-37(34)47(48,49)50)44(30(2)53-29)64-46(58)62-33-11-3-4-12-33)63-45(57)59-24-8-7-23-54(25-31(55)27-60-40-17-9-15-38-35(40)19-21-51-38)26-32(56)28-61-41-18-10-16-39-36(41)20-22-52-39/h5-6,9-10,13-22,31-33,42,51-53,55-56H,3-4,7-8,11-12,23-28H2,1-2H3. The molecule has 3 atom stereocenters. The molecule has 3 heterocycles. The number of aromatic amines is 2. The molecule has 2 aliphatic rings. The van der Waals surface area contributed by atoms with Gasteiger partial charge in [0.05, 0.1) is 23.6 Å². The Morgan fingerprint density at radius 3 is 1.89 bits per heavy atom. The van der Waals surface area contributed by atoms with E-state index in [9.17, 15) is 33.0 Å². The number of hydrogen-bond acceptors (Lipinski definition) is 12. The van der Waals surface area contributed by atoms with Crippen LogP contribution in [0.25, 0.3) is 21.8 Å². The van der Waals surface area contributed by atoms with Crippen LogP contribution in [-0.2, 0) is 25.1 Å². The van der Waals surface area contributed by atoms with E-state index in [-0.39, 0.29) is 67.5 Å². The topological polar surface area (TPSA) is 177 Å². The number of unbranched alkanes of at least 4 members (excludes halogenated alkanes) is 1. The zero-order chi connectivity index (χ0) is 45.2. The van der Waals surface area contributed by atoms with Gasteiger partial charge in [-0.1, -0.05) is 30.3 Å². The van der Waals surface area contributed by atoms with Gasteiger partial charge in [0, 0.05) is 47.3 Å². The number of H-pyrrole nitrogens is 2. The fourth-order valence-electron chi connectivity index (χ4n) is 8.18. The molecule has 14 nitrogen and oxygen atoms in total. The van der Waals surface area contributed by atoms with Gasteiger partial charge in [-0.15, -0.1) is 0 Å². The fourth-order valence-corrected chi connectivity index (χ4v) is 8.18. The third-order valence-corrected chi connectivity index (χ3v) is 11.2. The lowest BCUT2D eigenvalue weighted by Gasteiger charge is -2.31. The molecule has 1 aliphatic heterocycles. The number of aliphatic hydroxyl groups is 2. The number of carbonyl (C=O) groups is 2. The average Bonchev–Trinajstić information content (AvgIpc) is 4.07. The minimum atomic E-state index is -4.79. The van der Waals surface area contributed by atoms with Gasteiger partial charge in [-0.2, -0.15) is 13.2 Å². The molecule has 64 heavy (non-hydrogen) atoms. The van der Waals surface area contributed by atoms with E-state index in [4.69, 9.17) is 28.4 Å². The van der Waals surface area contributed by atoms with Gasteiger partial charge < -0.3 is 53.9 Å². The van der Waals surface area contributed by atoms with Gasteiger partial charge in [-0.3, -0.25) is 4.90 Å². The normalized spacial score (nSPS) is 16.8. The van der Waals surface area contributed by atoms with Crippen molar-refractivity contribution in [2.45, 2.75) is 82.8 Å². The second kappa shape index (κ2) is 21.0. The van der Waals surface area contributed by atoms with Crippen molar-refractivity contribution >= 4 is 34.1 Å². The smallest absolute Gasteiger partial charge is 0.490 e. The van der Waals surface area contributed by atoms with E-state index in [1.165, 1.54) is 32.0 Å². The molecule has 2 aromatic heterocycles. The number of allylic oxidation sites excluding steroid dienone is 2. The number of benzene rings is 3. The molecular weight excluding hydrogens is 838 g/mol. The molecule has 3 unspecified atom stereocenters. The summed E-state index contributed by atoms with van der Waals surface area (Å²) in [7, 11) is 0. The predicted molar refractivity (Wildman–Crippen MR) is 230 cm³/mol. The highest BCUT2D eigenvalue weighted by molar-refractivity contribution is 5.86. The molecular formula is C47H53F3N4O10. The minimum Gasteiger partial charge on any atom is -0.490 e. The number of aromatic nitrogens is 2. The van der Waals surface area contributed by atoms with Crippen LogP contribution in [-0.4, -0.2) is 95.2 Å². The number of dihydropyridines is 1. The van der Waals surface area contributed by atoms with Crippen LogP contribution in [0.1, 0.15) is 69.4 Å². The molecule has 0 bridgehead atoms. The summed E-state index contributed by atoms with van der Waals surface area (Å²) < 4.78 is 77.4. The van der Waals surface area contributed by atoms with Gasteiger partial charge in [0.15, 0.2) is 0 Å². The van der Waals surface area contributed by atoms with E-state index in [0.717, 1.165) is 40.7 Å². The Hall–Kier alpha value is -6.17. The monoisotopic (exact) mass is 890 g/mol. The minimum absolute atomic E-state index is 0.0143. The van der Waals surface area contributed by atoms with E-state index in [1.54, 1.807) is 12.4 Å². The van der Waals surface area contributed by atoms with Crippen molar-refractivity contribution in [1.29, 1.82) is 0 Å². The summed E-state index contributed by atoms with van der Waals surface area (Å²) in [5.41, 5.74) is 0.935. The molecule has 5 N–H and O–H groups in total. The third kappa shape index (κ3) is 11.7. The first-order valence-electron chi connectivity index (χ1n) is 21.4. The summed E-state index contributed by atoms with van der Waals surface area (Å²) >= 11 is 0. The number of aliphatic hydroxyl groups excluding tert-OH is 2. The lowest BCUT2D eigenvalue weighted by Crippen LogP contribution is -2.42. The fraction of sp³-hybridized carbons (Fsp3) is 0.404. The van der Waals surface area contributed by atoms with Gasteiger partial charge in [0.1, 0.15) is 60.5 Å². The van der Waals surface area contributed by atoms with Crippen LogP contribution in [0, 0.1) is 0 Å². The maximum absolute atomic E-state index is 14.4. The Bertz CT molecular complexity index is 2350. The number of nitrogens with zero attached hydrogens (tertiary/aromatic N) is 1. The van der Waals surface area contributed by atoms with E-state index in [2.05, 4.69) is 15.3 Å². The quantitative estimate of drug-likeness (QED) is 0.0393. The van der Waals surface area contributed by atoms with E-state index in [1.807, 2.05) is 53.4 Å². The number of hydrogen-bond donors (Lipinski definition) is 5. The highest BCUT2D eigenvalue weighted by Crippen LogP contribution is 2.45. The van der Waals surface area contributed by atoms with Gasteiger partial charge in [0.25, 0.3) is 0 Å². The third-order valence-electron chi connectivity index (χ3n) is 11.2.